The van der Waals surface area contributed by atoms with Crippen LogP contribution >= 0.6 is 0 Å². The number of fused-ring (bicyclic) bond motifs is 13. The molecular weight excluding hydrogens is 737 g/mol. The Bertz CT molecular complexity index is 3530. The van der Waals surface area contributed by atoms with Gasteiger partial charge in [0, 0.05) is 27.3 Å². The molecule has 0 bridgehead atoms. The van der Waals surface area contributed by atoms with E-state index in [-0.39, 0.29) is 0 Å². The van der Waals surface area contributed by atoms with Crippen LogP contribution in [0.2, 0.25) is 0 Å². The van der Waals surface area contributed by atoms with Gasteiger partial charge in [-0.15, -0.1) is 0 Å². The molecule has 284 valence electrons. The third-order valence-electron chi connectivity index (χ3n) is 13.4. The summed E-state index contributed by atoms with van der Waals surface area (Å²) in [4.78, 5) is 2.55. The normalized spacial score (nSPS) is 14.6. The number of para-hydroxylation sites is 4. The van der Waals surface area contributed by atoms with Crippen LogP contribution in [0.25, 0.3) is 71.6 Å². The number of anilines is 3. The Balaban J connectivity index is 1.12. The molecule has 11 aromatic rings. The van der Waals surface area contributed by atoms with Crippen molar-refractivity contribution in [1.29, 1.82) is 0 Å². The predicted molar refractivity (Wildman–Crippen MR) is 255 cm³/mol. The van der Waals surface area contributed by atoms with Gasteiger partial charge in [0.2, 0.25) is 0 Å². The van der Waals surface area contributed by atoms with Gasteiger partial charge in [-0.3, -0.25) is 0 Å². The Morgan fingerprint density at radius 2 is 0.885 bits per heavy atom. The second-order valence-corrected chi connectivity index (χ2v) is 16.4. The summed E-state index contributed by atoms with van der Waals surface area (Å²) < 4.78 is 2.52. The van der Waals surface area contributed by atoms with Gasteiger partial charge in [-0.2, -0.15) is 0 Å². The van der Waals surface area contributed by atoms with E-state index in [0.717, 1.165) is 17.1 Å². The molecule has 1 unspecified atom stereocenters. The summed E-state index contributed by atoms with van der Waals surface area (Å²) in [6.45, 7) is 0. The zero-order chi connectivity index (χ0) is 40.1. The molecule has 0 N–H and O–H groups in total. The van der Waals surface area contributed by atoms with E-state index in [1.54, 1.807) is 0 Å². The van der Waals surface area contributed by atoms with Crippen LogP contribution in [0.4, 0.5) is 17.1 Å². The van der Waals surface area contributed by atoms with Crippen molar-refractivity contribution in [3.05, 3.63) is 253 Å². The Kier molecular flexibility index (Phi) is 7.26. The lowest BCUT2D eigenvalue weighted by molar-refractivity contribution is 0.748. The molecule has 0 fully saturated rings. The van der Waals surface area contributed by atoms with Crippen molar-refractivity contribution in [3.63, 3.8) is 0 Å². The standard InChI is InChI=1S/C59H38N2/c1-2-17-39(18-3-1)40-35-37-42(38-36-40)44-22-7-11-30-52(44)60(53-33-14-20-41-19-4-5-21-43(41)53)56-34-16-28-50-57(56)47-24-6-9-26-48(47)59(50)49-27-10-13-32-55(49)61-54-31-12-8-23-45(54)46-25-15-29-51(59)58(46)61/h1-38H. The lowest BCUT2D eigenvalue weighted by Crippen LogP contribution is -2.33. The molecular formula is C59H38N2. The average Bonchev–Trinajstić information content (AvgIpc) is 3.83. The van der Waals surface area contributed by atoms with Gasteiger partial charge in [0.05, 0.1) is 39.2 Å². The summed E-state index contributed by atoms with van der Waals surface area (Å²) in [5, 5.41) is 4.98. The van der Waals surface area contributed by atoms with E-state index >= 15 is 0 Å². The van der Waals surface area contributed by atoms with E-state index in [9.17, 15) is 0 Å². The SMILES string of the molecule is c1ccc(-c2ccc(-c3ccccc3N(c3cccc4c3-c3ccccc3C43c4ccccc4-n4c5ccccc5c5cccc3c54)c3cccc4ccccc34)cc2)cc1. The van der Waals surface area contributed by atoms with Gasteiger partial charge in [0.15, 0.2) is 0 Å². The topological polar surface area (TPSA) is 8.17 Å². The molecule has 2 nitrogen and oxygen atoms in total. The van der Waals surface area contributed by atoms with Gasteiger partial charge in [0.25, 0.3) is 0 Å². The summed E-state index contributed by atoms with van der Waals surface area (Å²) in [7, 11) is 0. The first kappa shape index (κ1) is 34.0. The highest BCUT2D eigenvalue weighted by Crippen LogP contribution is 2.63. The minimum atomic E-state index is -0.556. The number of aromatic nitrogens is 1. The summed E-state index contributed by atoms with van der Waals surface area (Å²) >= 11 is 0. The summed E-state index contributed by atoms with van der Waals surface area (Å²) in [5.41, 5.74) is 19.2. The van der Waals surface area contributed by atoms with Crippen molar-refractivity contribution < 1.29 is 0 Å². The smallest absolute Gasteiger partial charge is 0.0755 e. The average molecular weight is 775 g/mol. The third-order valence-corrected chi connectivity index (χ3v) is 13.4. The lowest BCUT2D eigenvalue weighted by atomic mass is 9.65. The quantitative estimate of drug-likeness (QED) is 0.169. The van der Waals surface area contributed by atoms with Gasteiger partial charge < -0.3 is 9.47 Å². The molecule has 1 aliphatic carbocycles. The summed E-state index contributed by atoms with van der Waals surface area (Å²) in [6.07, 6.45) is 0. The van der Waals surface area contributed by atoms with Gasteiger partial charge in [-0.25, -0.2) is 0 Å². The molecule has 2 heteroatoms. The second-order valence-electron chi connectivity index (χ2n) is 16.4. The van der Waals surface area contributed by atoms with E-state index in [2.05, 4.69) is 240 Å². The fourth-order valence-corrected chi connectivity index (χ4v) is 11.0. The predicted octanol–water partition coefficient (Wildman–Crippen LogP) is 15.4. The Hall–Kier alpha value is -7.94. The molecule has 61 heavy (non-hydrogen) atoms. The monoisotopic (exact) mass is 774 g/mol. The third kappa shape index (κ3) is 4.67. The van der Waals surface area contributed by atoms with E-state index in [0.29, 0.717) is 0 Å². The molecule has 13 rings (SSSR count). The van der Waals surface area contributed by atoms with Crippen LogP contribution in [0.3, 0.4) is 0 Å². The molecule has 0 radical (unpaired) electrons. The van der Waals surface area contributed by atoms with Crippen LogP contribution in [0.15, 0.2) is 231 Å². The second kappa shape index (κ2) is 13.0. The Morgan fingerprint density at radius 1 is 0.328 bits per heavy atom. The zero-order valence-corrected chi connectivity index (χ0v) is 33.3. The van der Waals surface area contributed by atoms with Crippen LogP contribution in [0.1, 0.15) is 22.3 Å². The molecule has 10 aromatic carbocycles. The van der Waals surface area contributed by atoms with Crippen LogP contribution in [-0.4, -0.2) is 4.57 Å². The van der Waals surface area contributed by atoms with Crippen molar-refractivity contribution in [2.45, 2.75) is 5.41 Å². The summed E-state index contributed by atoms with van der Waals surface area (Å²) in [6, 6.07) is 85.4. The fourth-order valence-electron chi connectivity index (χ4n) is 11.0. The molecule has 0 saturated heterocycles. The number of rotatable bonds is 5. The minimum absolute atomic E-state index is 0.556. The van der Waals surface area contributed by atoms with Gasteiger partial charge in [-0.05, 0) is 80.2 Å². The van der Waals surface area contributed by atoms with Crippen molar-refractivity contribution in [1.82, 2.24) is 4.57 Å². The van der Waals surface area contributed by atoms with Crippen molar-refractivity contribution in [3.8, 4) is 39.1 Å². The summed E-state index contributed by atoms with van der Waals surface area (Å²) in [5.74, 6) is 0. The maximum absolute atomic E-state index is 2.55. The van der Waals surface area contributed by atoms with Crippen LogP contribution < -0.4 is 4.90 Å². The Morgan fingerprint density at radius 3 is 1.77 bits per heavy atom. The first-order valence-corrected chi connectivity index (χ1v) is 21.2. The lowest BCUT2D eigenvalue weighted by Gasteiger charge is -2.39. The van der Waals surface area contributed by atoms with E-state index in [4.69, 9.17) is 0 Å². The van der Waals surface area contributed by atoms with Crippen molar-refractivity contribution in [2.24, 2.45) is 0 Å². The molecule has 0 amide bonds. The first-order chi connectivity index (χ1) is 30.3. The van der Waals surface area contributed by atoms with Crippen LogP contribution in [-0.2, 0) is 5.41 Å². The van der Waals surface area contributed by atoms with E-state index in [1.165, 1.54) is 93.9 Å². The number of benzene rings is 10. The van der Waals surface area contributed by atoms with Gasteiger partial charge in [-0.1, -0.05) is 200 Å². The van der Waals surface area contributed by atoms with E-state index in [1.807, 2.05) is 0 Å². The molecule has 1 aromatic heterocycles. The number of hydrogen-bond donors (Lipinski definition) is 0. The molecule has 1 atom stereocenters. The fraction of sp³-hybridized carbons (Fsp3) is 0.0169. The molecule has 2 heterocycles. The molecule has 2 aliphatic rings. The van der Waals surface area contributed by atoms with Crippen LogP contribution in [0.5, 0.6) is 0 Å². The number of nitrogens with zero attached hydrogens (tertiary/aromatic N) is 2. The maximum atomic E-state index is 2.55. The van der Waals surface area contributed by atoms with E-state index < -0.39 is 5.41 Å². The van der Waals surface area contributed by atoms with Gasteiger partial charge >= 0.3 is 0 Å². The maximum Gasteiger partial charge on any atom is 0.0755 e. The minimum Gasteiger partial charge on any atom is -0.309 e. The number of hydrogen-bond acceptors (Lipinski definition) is 1. The van der Waals surface area contributed by atoms with Crippen LogP contribution in [0, 0.1) is 0 Å². The molecule has 1 aliphatic heterocycles. The first-order valence-electron chi connectivity index (χ1n) is 21.2. The highest BCUT2D eigenvalue weighted by molar-refractivity contribution is 6.13. The highest BCUT2D eigenvalue weighted by atomic mass is 15.2. The zero-order valence-electron chi connectivity index (χ0n) is 33.3. The van der Waals surface area contributed by atoms with Crippen molar-refractivity contribution in [2.75, 3.05) is 4.90 Å². The molecule has 1 spiro atoms. The van der Waals surface area contributed by atoms with Gasteiger partial charge in [0.1, 0.15) is 0 Å². The largest absolute Gasteiger partial charge is 0.309 e. The Labute approximate surface area is 354 Å². The highest BCUT2D eigenvalue weighted by Gasteiger charge is 2.51. The molecule has 0 saturated carbocycles. The van der Waals surface area contributed by atoms with Crippen molar-refractivity contribution >= 4 is 49.6 Å².